The molecule has 0 N–H and O–H groups in total. The third kappa shape index (κ3) is 3.21. The van der Waals surface area contributed by atoms with Crippen molar-refractivity contribution in [1.82, 2.24) is 9.80 Å². The van der Waals surface area contributed by atoms with Gasteiger partial charge in [0.2, 0.25) is 0 Å². The number of benzene rings is 1. The number of fused-ring (bicyclic) bond motifs is 1. The van der Waals surface area contributed by atoms with Crippen molar-refractivity contribution in [1.29, 1.82) is 0 Å². The van der Waals surface area contributed by atoms with Crippen molar-refractivity contribution in [2.75, 3.05) is 24.6 Å². The predicted molar refractivity (Wildman–Crippen MR) is 92.8 cm³/mol. The lowest BCUT2D eigenvalue weighted by Crippen LogP contribution is -2.60. The molecule has 2 aliphatic heterocycles. The average Bonchev–Trinajstić information content (AvgIpc) is 3.22. The Labute approximate surface area is 146 Å². The zero-order valence-electron chi connectivity index (χ0n) is 13.7. The number of hydrogen-bond acceptors (Lipinski definition) is 5. The smallest absolute Gasteiger partial charge is 0.257 e. The van der Waals surface area contributed by atoms with Gasteiger partial charge in [-0.1, -0.05) is 30.3 Å². The molecule has 2 saturated heterocycles. The van der Waals surface area contributed by atoms with Crippen molar-refractivity contribution in [2.45, 2.75) is 18.6 Å². The predicted octanol–water partition coefficient (Wildman–Crippen LogP) is 1.40. The summed E-state index contributed by atoms with van der Waals surface area (Å²) >= 11 is 0. The van der Waals surface area contributed by atoms with Crippen LogP contribution in [-0.4, -0.2) is 60.8 Å². The molecule has 1 aromatic heterocycles. The maximum Gasteiger partial charge on any atom is 0.257 e. The first-order valence-electron chi connectivity index (χ1n) is 8.35. The number of furan rings is 1. The van der Waals surface area contributed by atoms with Gasteiger partial charge in [0, 0.05) is 25.7 Å². The third-order valence-corrected chi connectivity index (χ3v) is 6.75. The second-order valence-corrected chi connectivity index (χ2v) is 8.83. The van der Waals surface area contributed by atoms with Gasteiger partial charge in [0.25, 0.3) is 5.91 Å². The first kappa shape index (κ1) is 16.4. The second kappa shape index (κ2) is 6.31. The Kier molecular flexibility index (Phi) is 4.13. The molecule has 0 spiro atoms. The highest BCUT2D eigenvalue weighted by molar-refractivity contribution is 7.91. The molecule has 3 heterocycles. The van der Waals surface area contributed by atoms with E-state index in [9.17, 15) is 13.2 Å². The number of hydrogen-bond donors (Lipinski definition) is 0. The summed E-state index contributed by atoms with van der Waals surface area (Å²) in [6, 6.07) is 11.2. The van der Waals surface area contributed by atoms with Crippen LogP contribution in [0.4, 0.5) is 0 Å². The van der Waals surface area contributed by atoms with Crippen LogP contribution >= 0.6 is 0 Å². The van der Waals surface area contributed by atoms with E-state index in [1.165, 1.54) is 12.5 Å². The maximum absolute atomic E-state index is 12.7. The summed E-state index contributed by atoms with van der Waals surface area (Å²) in [6.07, 6.45) is 2.87. The molecule has 0 saturated carbocycles. The molecule has 6 nitrogen and oxygen atoms in total. The van der Waals surface area contributed by atoms with Crippen molar-refractivity contribution in [2.24, 2.45) is 0 Å². The first-order valence-corrected chi connectivity index (χ1v) is 10.2. The van der Waals surface area contributed by atoms with Gasteiger partial charge in [0.15, 0.2) is 9.84 Å². The zero-order valence-corrected chi connectivity index (χ0v) is 14.6. The molecule has 2 atom stereocenters. The van der Waals surface area contributed by atoms with Crippen LogP contribution in [0.5, 0.6) is 0 Å². The van der Waals surface area contributed by atoms with Gasteiger partial charge in [0.1, 0.15) is 6.26 Å². The molecular weight excluding hydrogens is 340 g/mol. The second-order valence-electron chi connectivity index (χ2n) is 6.68. The van der Waals surface area contributed by atoms with Crippen LogP contribution in [0, 0.1) is 0 Å². The SMILES string of the molecule is O=C(c1ccoc1)N1CCN(Cc2ccccc2)[C@@H]2CS(=O)(=O)C[C@@H]21. The molecule has 0 unspecified atom stereocenters. The molecule has 7 heteroatoms. The van der Waals surface area contributed by atoms with Gasteiger partial charge in [0.05, 0.1) is 29.4 Å². The van der Waals surface area contributed by atoms with E-state index in [-0.39, 0.29) is 29.5 Å². The monoisotopic (exact) mass is 360 g/mol. The lowest BCUT2D eigenvalue weighted by atomic mass is 10.0. The Morgan fingerprint density at radius 2 is 1.84 bits per heavy atom. The van der Waals surface area contributed by atoms with Gasteiger partial charge in [-0.05, 0) is 11.6 Å². The molecular formula is C18H20N2O4S. The minimum absolute atomic E-state index is 0.0343. The molecule has 132 valence electrons. The Morgan fingerprint density at radius 1 is 1.08 bits per heavy atom. The fourth-order valence-corrected chi connectivity index (χ4v) is 5.86. The minimum Gasteiger partial charge on any atom is -0.472 e. The number of carbonyl (C=O) groups is 1. The normalized spacial score (nSPS) is 25.7. The van der Waals surface area contributed by atoms with E-state index < -0.39 is 9.84 Å². The van der Waals surface area contributed by atoms with Crippen molar-refractivity contribution in [3.8, 4) is 0 Å². The van der Waals surface area contributed by atoms with Crippen molar-refractivity contribution >= 4 is 15.7 Å². The van der Waals surface area contributed by atoms with Crippen molar-refractivity contribution < 1.29 is 17.6 Å². The summed E-state index contributed by atoms with van der Waals surface area (Å²) in [4.78, 5) is 16.6. The van der Waals surface area contributed by atoms with Crippen LogP contribution in [0.3, 0.4) is 0 Å². The number of carbonyl (C=O) groups excluding carboxylic acids is 1. The summed E-state index contributed by atoms with van der Waals surface area (Å²) in [5.41, 5.74) is 1.62. The number of sulfone groups is 1. The van der Waals surface area contributed by atoms with E-state index in [0.29, 0.717) is 25.2 Å². The van der Waals surface area contributed by atoms with Crippen LogP contribution in [0.25, 0.3) is 0 Å². The first-order chi connectivity index (χ1) is 12.0. The highest BCUT2D eigenvalue weighted by Gasteiger charge is 2.48. The highest BCUT2D eigenvalue weighted by Crippen LogP contribution is 2.29. The number of nitrogens with zero attached hydrogens (tertiary/aromatic N) is 2. The van der Waals surface area contributed by atoms with E-state index in [0.717, 1.165) is 5.56 Å². The summed E-state index contributed by atoms with van der Waals surface area (Å²) < 4.78 is 29.5. The van der Waals surface area contributed by atoms with Gasteiger partial charge >= 0.3 is 0 Å². The molecule has 2 aliphatic rings. The van der Waals surface area contributed by atoms with E-state index in [4.69, 9.17) is 4.42 Å². The molecule has 2 fully saturated rings. The summed E-state index contributed by atoms with van der Waals surface area (Å²) in [5, 5.41) is 0. The number of rotatable bonds is 3. The van der Waals surface area contributed by atoms with E-state index in [2.05, 4.69) is 4.90 Å². The quantitative estimate of drug-likeness (QED) is 0.828. The minimum atomic E-state index is -3.15. The summed E-state index contributed by atoms with van der Waals surface area (Å²) in [5.74, 6) is -0.00753. The van der Waals surface area contributed by atoms with Crippen LogP contribution < -0.4 is 0 Å². The molecule has 4 rings (SSSR count). The standard InChI is InChI=1S/C18H20N2O4S/c21-18(15-6-9-24-11-15)20-8-7-19(10-14-4-2-1-3-5-14)16-12-25(22,23)13-17(16)20/h1-6,9,11,16-17H,7-8,10,12-13H2/t16-,17+/m1/s1. The number of amides is 1. The molecule has 1 aromatic carbocycles. The lowest BCUT2D eigenvalue weighted by molar-refractivity contribution is 0.0305. The maximum atomic E-state index is 12.7. The van der Waals surface area contributed by atoms with Gasteiger partial charge < -0.3 is 9.32 Å². The highest BCUT2D eigenvalue weighted by atomic mass is 32.2. The van der Waals surface area contributed by atoms with Gasteiger partial charge in [-0.25, -0.2) is 8.42 Å². The summed E-state index contributed by atoms with van der Waals surface area (Å²) in [7, 11) is -3.15. The molecule has 1 amide bonds. The van der Waals surface area contributed by atoms with Crippen LogP contribution in [-0.2, 0) is 16.4 Å². The molecule has 0 radical (unpaired) electrons. The van der Waals surface area contributed by atoms with Crippen LogP contribution in [0.1, 0.15) is 15.9 Å². The largest absolute Gasteiger partial charge is 0.472 e. The Hall–Kier alpha value is -2.12. The Bertz CT molecular complexity index is 848. The van der Waals surface area contributed by atoms with E-state index in [1.54, 1.807) is 11.0 Å². The van der Waals surface area contributed by atoms with Crippen LogP contribution in [0.15, 0.2) is 53.3 Å². The summed E-state index contributed by atoms with van der Waals surface area (Å²) in [6.45, 7) is 1.88. The molecule has 0 aliphatic carbocycles. The average molecular weight is 360 g/mol. The number of piperazine rings is 1. The topological polar surface area (TPSA) is 70.8 Å². The fraction of sp³-hybridized carbons (Fsp3) is 0.389. The van der Waals surface area contributed by atoms with Gasteiger partial charge in [-0.15, -0.1) is 0 Å². The van der Waals surface area contributed by atoms with E-state index in [1.807, 2.05) is 30.3 Å². The molecule has 25 heavy (non-hydrogen) atoms. The lowest BCUT2D eigenvalue weighted by Gasteiger charge is -2.43. The van der Waals surface area contributed by atoms with Crippen molar-refractivity contribution in [3.63, 3.8) is 0 Å². The van der Waals surface area contributed by atoms with Gasteiger partial charge in [-0.2, -0.15) is 0 Å². The van der Waals surface area contributed by atoms with Crippen LogP contribution in [0.2, 0.25) is 0 Å². The van der Waals surface area contributed by atoms with E-state index >= 15 is 0 Å². The Balaban J connectivity index is 1.59. The zero-order chi connectivity index (χ0) is 17.4. The Morgan fingerprint density at radius 3 is 2.56 bits per heavy atom. The van der Waals surface area contributed by atoms with Crippen molar-refractivity contribution in [3.05, 3.63) is 60.1 Å². The van der Waals surface area contributed by atoms with Gasteiger partial charge in [-0.3, -0.25) is 9.69 Å². The third-order valence-electron chi connectivity index (χ3n) is 5.05. The molecule has 2 aromatic rings. The molecule has 0 bridgehead atoms. The fourth-order valence-electron chi connectivity index (χ4n) is 3.84.